The van der Waals surface area contributed by atoms with Crippen LogP contribution in [0.3, 0.4) is 0 Å². The summed E-state index contributed by atoms with van der Waals surface area (Å²) in [5.74, 6) is -2.83. The summed E-state index contributed by atoms with van der Waals surface area (Å²) in [6.45, 7) is 1.85. The van der Waals surface area contributed by atoms with Crippen LogP contribution in [0.2, 0.25) is 0 Å². The van der Waals surface area contributed by atoms with Gasteiger partial charge in [-0.05, 0) is 67.8 Å². The number of rotatable bonds is 9. The lowest BCUT2D eigenvalue weighted by molar-refractivity contribution is -0.122. The molecule has 1 fully saturated rings. The van der Waals surface area contributed by atoms with E-state index in [1.54, 1.807) is 24.3 Å². The number of carbonyl (C=O) groups excluding carboxylic acids is 5. The standard InChI is InChI=1S/C28H28N2O7/c1-2-3-16-36-27(34)18-8-12-20(13-9-18)29-24(31)17-37-28(35)19-10-14-21(15-11-19)30-25(32)22-6-4-5-7-23(22)26(30)33/h4-5,8-15,22-23H,2-3,6-7,16-17H2,1H3,(H,29,31)/t22-,23+. The van der Waals surface area contributed by atoms with Crippen LogP contribution in [0.25, 0.3) is 0 Å². The van der Waals surface area contributed by atoms with Crippen molar-refractivity contribution in [2.45, 2.75) is 32.6 Å². The van der Waals surface area contributed by atoms with E-state index in [9.17, 15) is 24.0 Å². The molecule has 0 unspecified atom stereocenters. The predicted molar refractivity (Wildman–Crippen MR) is 135 cm³/mol. The van der Waals surface area contributed by atoms with E-state index in [0.717, 1.165) is 12.8 Å². The fourth-order valence-electron chi connectivity index (χ4n) is 4.30. The van der Waals surface area contributed by atoms with Crippen LogP contribution in [0.1, 0.15) is 53.3 Å². The van der Waals surface area contributed by atoms with E-state index < -0.39 is 24.5 Å². The zero-order valence-electron chi connectivity index (χ0n) is 20.5. The van der Waals surface area contributed by atoms with E-state index >= 15 is 0 Å². The van der Waals surface area contributed by atoms with Crippen LogP contribution in [-0.2, 0) is 23.9 Å². The van der Waals surface area contributed by atoms with E-state index in [-0.39, 0.29) is 29.2 Å². The summed E-state index contributed by atoms with van der Waals surface area (Å²) in [7, 11) is 0. The van der Waals surface area contributed by atoms with Gasteiger partial charge in [-0.2, -0.15) is 0 Å². The molecule has 0 radical (unpaired) electrons. The Morgan fingerprint density at radius 2 is 1.38 bits per heavy atom. The molecule has 1 aliphatic heterocycles. The molecule has 3 amide bonds. The Hall–Kier alpha value is -4.27. The SMILES string of the molecule is CCCCOC(=O)c1ccc(NC(=O)COC(=O)c2ccc(N3C(=O)[C@H]4CC=CC[C@H]4C3=O)cc2)cc1. The molecule has 9 nitrogen and oxygen atoms in total. The number of amides is 3. The van der Waals surface area contributed by atoms with Crippen LogP contribution in [0, 0.1) is 11.8 Å². The summed E-state index contributed by atoms with van der Waals surface area (Å²) in [6.07, 6.45) is 6.66. The van der Waals surface area contributed by atoms with Gasteiger partial charge in [-0.15, -0.1) is 0 Å². The number of nitrogens with zero attached hydrogens (tertiary/aromatic N) is 1. The highest BCUT2D eigenvalue weighted by Crippen LogP contribution is 2.37. The van der Waals surface area contributed by atoms with E-state index in [1.165, 1.54) is 29.2 Å². The van der Waals surface area contributed by atoms with Gasteiger partial charge in [0.15, 0.2) is 6.61 Å². The minimum Gasteiger partial charge on any atom is -0.462 e. The Kier molecular flexibility index (Phi) is 8.12. The molecule has 192 valence electrons. The average Bonchev–Trinajstić information content (AvgIpc) is 3.17. The molecule has 1 saturated heterocycles. The highest BCUT2D eigenvalue weighted by atomic mass is 16.5. The van der Waals surface area contributed by atoms with Gasteiger partial charge in [0, 0.05) is 5.69 Å². The Labute approximate surface area is 214 Å². The average molecular weight is 505 g/mol. The second-order valence-electron chi connectivity index (χ2n) is 8.91. The van der Waals surface area contributed by atoms with Gasteiger partial charge in [0.1, 0.15) is 0 Å². The van der Waals surface area contributed by atoms with Crippen LogP contribution in [-0.4, -0.2) is 42.9 Å². The normalized spacial score (nSPS) is 18.4. The highest BCUT2D eigenvalue weighted by molar-refractivity contribution is 6.22. The first-order valence-electron chi connectivity index (χ1n) is 12.3. The predicted octanol–water partition coefficient (Wildman–Crippen LogP) is 3.89. The number of anilines is 2. The summed E-state index contributed by atoms with van der Waals surface area (Å²) in [5.41, 5.74) is 1.39. The Morgan fingerprint density at radius 1 is 0.838 bits per heavy atom. The highest BCUT2D eigenvalue weighted by Gasteiger charge is 2.47. The minimum atomic E-state index is -0.719. The van der Waals surface area contributed by atoms with E-state index in [1.807, 2.05) is 19.1 Å². The summed E-state index contributed by atoms with van der Waals surface area (Å²) in [5, 5.41) is 2.59. The van der Waals surface area contributed by atoms with Gasteiger partial charge in [-0.1, -0.05) is 25.5 Å². The molecule has 0 saturated carbocycles. The van der Waals surface area contributed by atoms with Gasteiger partial charge < -0.3 is 14.8 Å². The first-order valence-corrected chi connectivity index (χ1v) is 12.3. The number of ether oxygens (including phenoxy) is 2. The van der Waals surface area contributed by atoms with Crippen LogP contribution in [0.5, 0.6) is 0 Å². The van der Waals surface area contributed by atoms with E-state index in [4.69, 9.17) is 9.47 Å². The third-order valence-electron chi connectivity index (χ3n) is 6.34. The molecule has 1 aliphatic carbocycles. The number of imide groups is 1. The molecular weight excluding hydrogens is 476 g/mol. The molecule has 2 aliphatic rings. The number of fused-ring (bicyclic) bond motifs is 1. The van der Waals surface area contributed by atoms with Crippen molar-refractivity contribution < 1.29 is 33.4 Å². The molecule has 0 bridgehead atoms. The lowest BCUT2D eigenvalue weighted by Crippen LogP contribution is -2.30. The number of nitrogens with one attached hydrogen (secondary N) is 1. The quantitative estimate of drug-likeness (QED) is 0.238. The van der Waals surface area contributed by atoms with E-state index in [0.29, 0.717) is 36.4 Å². The monoisotopic (exact) mass is 504 g/mol. The van der Waals surface area contributed by atoms with Crippen molar-refractivity contribution in [3.63, 3.8) is 0 Å². The van der Waals surface area contributed by atoms with Crippen LogP contribution in [0.4, 0.5) is 11.4 Å². The maximum atomic E-state index is 12.7. The third-order valence-corrected chi connectivity index (χ3v) is 6.34. The van der Waals surface area contributed by atoms with Crippen molar-refractivity contribution in [2.75, 3.05) is 23.4 Å². The fraction of sp³-hybridized carbons (Fsp3) is 0.321. The zero-order chi connectivity index (χ0) is 26.4. The lowest BCUT2D eigenvalue weighted by atomic mass is 9.85. The number of allylic oxidation sites excluding steroid dienone is 2. The number of carbonyl (C=O) groups is 5. The van der Waals surface area contributed by atoms with Crippen molar-refractivity contribution >= 4 is 41.0 Å². The molecule has 2 atom stereocenters. The zero-order valence-corrected chi connectivity index (χ0v) is 20.5. The Bertz CT molecular complexity index is 1190. The Balaban J connectivity index is 1.27. The summed E-state index contributed by atoms with van der Waals surface area (Å²) < 4.78 is 10.2. The number of unbranched alkanes of at least 4 members (excludes halogenated alkanes) is 1. The molecule has 0 aromatic heterocycles. The van der Waals surface area contributed by atoms with Crippen LogP contribution < -0.4 is 10.2 Å². The molecule has 1 N–H and O–H groups in total. The first-order chi connectivity index (χ1) is 17.9. The third kappa shape index (κ3) is 5.94. The van der Waals surface area contributed by atoms with Gasteiger partial charge in [0.25, 0.3) is 5.91 Å². The number of esters is 2. The number of benzene rings is 2. The maximum Gasteiger partial charge on any atom is 0.338 e. The molecule has 1 heterocycles. The van der Waals surface area contributed by atoms with Crippen molar-refractivity contribution in [1.82, 2.24) is 0 Å². The van der Waals surface area contributed by atoms with Gasteiger partial charge in [0.2, 0.25) is 11.8 Å². The van der Waals surface area contributed by atoms with Gasteiger partial charge >= 0.3 is 11.9 Å². The second-order valence-corrected chi connectivity index (χ2v) is 8.91. The van der Waals surface area contributed by atoms with Crippen molar-refractivity contribution in [1.29, 1.82) is 0 Å². The van der Waals surface area contributed by atoms with Crippen LogP contribution >= 0.6 is 0 Å². The van der Waals surface area contributed by atoms with Crippen molar-refractivity contribution in [3.05, 3.63) is 71.8 Å². The molecule has 4 rings (SSSR count). The molecular formula is C28H28N2O7. The molecule has 9 heteroatoms. The van der Waals surface area contributed by atoms with Crippen molar-refractivity contribution in [2.24, 2.45) is 11.8 Å². The van der Waals surface area contributed by atoms with Crippen LogP contribution in [0.15, 0.2) is 60.7 Å². The van der Waals surface area contributed by atoms with Gasteiger partial charge in [0.05, 0.1) is 35.3 Å². The number of hydrogen-bond donors (Lipinski definition) is 1. The molecule has 0 spiro atoms. The number of hydrogen-bond acceptors (Lipinski definition) is 7. The topological polar surface area (TPSA) is 119 Å². The molecule has 37 heavy (non-hydrogen) atoms. The summed E-state index contributed by atoms with van der Waals surface area (Å²) >= 11 is 0. The van der Waals surface area contributed by atoms with Gasteiger partial charge in [-0.25, -0.2) is 9.59 Å². The summed E-state index contributed by atoms with van der Waals surface area (Å²) in [6, 6.07) is 12.1. The second kappa shape index (κ2) is 11.6. The lowest BCUT2D eigenvalue weighted by Gasteiger charge is -2.15. The summed E-state index contributed by atoms with van der Waals surface area (Å²) in [4.78, 5) is 63.1. The van der Waals surface area contributed by atoms with Crippen molar-refractivity contribution in [3.8, 4) is 0 Å². The maximum absolute atomic E-state index is 12.7. The largest absolute Gasteiger partial charge is 0.462 e. The Morgan fingerprint density at radius 3 is 1.95 bits per heavy atom. The van der Waals surface area contributed by atoms with Gasteiger partial charge in [-0.3, -0.25) is 19.3 Å². The van der Waals surface area contributed by atoms with E-state index in [2.05, 4.69) is 5.32 Å². The fourth-order valence-corrected chi connectivity index (χ4v) is 4.30. The minimum absolute atomic E-state index is 0.181. The molecule has 2 aromatic rings. The first kappa shape index (κ1) is 25.8. The molecule has 2 aromatic carbocycles. The smallest absolute Gasteiger partial charge is 0.338 e.